The smallest absolute Gasteiger partial charge is 0.274 e. The van der Waals surface area contributed by atoms with Crippen molar-refractivity contribution in [3.63, 3.8) is 0 Å². The van der Waals surface area contributed by atoms with Crippen LogP contribution in [0.15, 0.2) is 36.4 Å². The molecule has 6 heteroatoms. The van der Waals surface area contributed by atoms with Crippen LogP contribution in [0.4, 0.5) is 11.4 Å². The highest BCUT2D eigenvalue weighted by atomic mass is 35.5. The summed E-state index contributed by atoms with van der Waals surface area (Å²) in [5.41, 5.74) is 2.27. The first-order valence-corrected chi connectivity index (χ1v) is 7.10. The van der Waals surface area contributed by atoms with Crippen LogP contribution in [0.1, 0.15) is 24.1 Å². The molecule has 2 aromatic carbocycles. The summed E-state index contributed by atoms with van der Waals surface area (Å²) in [4.78, 5) is 10.6. The molecule has 0 bridgehead atoms. The van der Waals surface area contributed by atoms with Gasteiger partial charge in [-0.15, -0.1) is 0 Å². The summed E-state index contributed by atoms with van der Waals surface area (Å²) >= 11 is 12.0. The number of rotatable bonds is 4. The molecule has 0 aliphatic heterocycles. The van der Waals surface area contributed by atoms with E-state index in [1.54, 1.807) is 25.1 Å². The number of aryl methyl sites for hydroxylation is 1. The molecule has 0 aliphatic carbocycles. The molecule has 2 rings (SSSR count). The lowest BCUT2D eigenvalue weighted by Gasteiger charge is -2.17. The fourth-order valence-electron chi connectivity index (χ4n) is 2.08. The Balaban J connectivity index is 2.25. The zero-order chi connectivity index (χ0) is 15.6. The third-order valence-corrected chi connectivity index (χ3v) is 3.78. The second-order valence-corrected chi connectivity index (χ2v) is 5.63. The largest absolute Gasteiger partial charge is 0.378 e. The molecule has 0 spiro atoms. The summed E-state index contributed by atoms with van der Waals surface area (Å²) in [7, 11) is 0. The molecule has 4 nitrogen and oxygen atoms in total. The number of hydrogen-bond donors (Lipinski definition) is 1. The van der Waals surface area contributed by atoms with E-state index in [2.05, 4.69) is 5.32 Å². The molecule has 0 amide bonds. The van der Waals surface area contributed by atoms with Crippen molar-refractivity contribution in [3.8, 4) is 0 Å². The predicted octanol–water partition coefficient (Wildman–Crippen LogP) is 5.38. The summed E-state index contributed by atoms with van der Waals surface area (Å²) < 4.78 is 0. The minimum absolute atomic E-state index is 0.0920. The molecule has 0 fully saturated rings. The van der Waals surface area contributed by atoms with Crippen molar-refractivity contribution in [2.45, 2.75) is 19.9 Å². The number of benzene rings is 2. The Labute approximate surface area is 132 Å². The van der Waals surface area contributed by atoms with Crippen LogP contribution < -0.4 is 5.32 Å². The van der Waals surface area contributed by atoms with Gasteiger partial charge in [0.25, 0.3) is 5.69 Å². The lowest BCUT2D eigenvalue weighted by atomic mass is 10.1. The Kier molecular flexibility index (Phi) is 4.70. The quantitative estimate of drug-likeness (QED) is 0.606. The van der Waals surface area contributed by atoms with Gasteiger partial charge in [0.15, 0.2) is 0 Å². The Hall–Kier alpha value is -1.78. The molecule has 110 valence electrons. The van der Waals surface area contributed by atoms with E-state index in [1.165, 1.54) is 6.07 Å². The van der Waals surface area contributed by atoms with Gasteiger partial charge in [0.05, 0.1) is 4.92 Å². The topological polar surface area (TPSA) is 55.2 Å². The molecule has 21 heavy (non-hydrogen) atoms. The van der Waals surface area contributed by atoms with Crippen molar-refractivity contribution in [2.24, 2.45) is 0 Å². The fraction of sp³-hybridized carbons (Fsp3) is 0.200. The molecule has 1 atom stereocenters. The molecule has 2 aromatic rings. The molecular weight excluding hydrogens is 311 g/mol. The Morgan fingerprint density at radius 1 is 1.19 bits per heavy atom. The number of anilines is 1. The number of nitro benzene ring substituents is 1. The molecule has 1 unspecified atom stereocenters. The van der Waals surface area contributed by atoms with Gasteiger partial charge in [-0.25, -0.2) is 0 Å². The summed E-state index contributed by atoms with van der Waals surface area (Å²) in [6.45, 7) is 3.64. The highest BCUT2D eigenvalue weighted by Gasteiger charge is 2.14. The first-order chi connectivity index (χ1) is 9.88. The molecule has 0 radical (unpaired) electrons. The van der Waals surface area contributed by atoms with Crippen LogP contribution in [0.3, 0.4) is 0 Å². The van der Waals surface area contributed by atoms with Gasteiger partial charge < -0.3 is 5.32 Å². The summed E-state index contributed by atoms with van der Waals surface area (Å²) in [5, 5.41) is 15.3. The van der Waals surface area contributed by atoms with Crippen molar-refractivity contribution in [2.75, 3.05) is 5.32 Å². The van der Waals surface area contributed by atoms with Crippen LogP contribution in [0.5, 0.6) is 0 Å². The van der Waals surface area contributed by atoms with Crippen molar-refractivity contribution in [1.29, 1.82) is 0 Å². The Morgan fingerprint density at radius 3 is 2.52 bits per heavy atom. The molecule has 0 saturated carbocycles. The second kappa shape index (κ2) is 6.33. The van der Waals surface area contributed by atoms with Gasteiger partial charge in [-0.2, -0.15) is 0 Å². The van der Waals surface area contributed by atoms with Crippen LogP contribution in [0.2, 0.25) is 10.0 Å². The standard InChI is InChI=1S/C15H14Cl2N2O2/c1-9-3-5-12(8-15(9)19(20)21)18-10(2)13-6-4-11(16)7-14(13)17/h3-8,10,18H,1-2H3. The van der Waals surface area contributed by atoms with E-state index < -0.39 is 0 Å². The van der Waals surface area contributed by atoms with Crippen molar-refractivity contribution in [3.05, 3.63) is 67.7 Å². The van der Waals surface area contributed by atoms with Gasteiger partial charge in [0.1, 0.15) is 0 Å². The van der Waals surface area contributed by atoms with Crippen molar-refractivity contribution >= 4 is 34.6 Å². The van der Waals surface area contributed by atoms with Gasteiger partial charge in [0, 0.05) is 33.4 Å². The van der Waals surface area contributed by atoms with Crippen molar-refractivity contribution in [1.82, 2.24) is 0 Å². The number of halogens is 2. The van der Waals surface area contributed by atoms with E-state index in [0.29, 0.717) is 21.3 Å². The van der Waals surface area contributed by atoms with Gasteiger partial charge in [-0.3, -0.25) is 10.1 Å². The lowest BCUT2D eigenvalue weighted by molar-refractivity contribution is -0.385. The number of nitrogens with one attached hydrogen (secondary N) is 1. The minimum atomic E-state index is -0.388. The predicted molar refractivity (Wildman–Crippen MR) is 86.3 cm³/mol. The number of hydrogen-bond acceptors (Lipinski definition) is 3. The average molecular weight is 325 g/mol. The maximum Gasteiger partial charge on any atom is 0.274 e. The number of nitrogens with zero attached hydrogens (tertiary/aromatic N) is 1. The summed E-state index contributed by atoms with van der Waals surface area (Å²) in [5.74, 6) is 0. The molecule has 0 saturated heterocycles. The van der Waals surface area contributed by atoms with Gasteiger partial charge in [0.2, 0.25) is 0 Å². The highest BCUT2D eigenvalue weighted by Crippen LogP contribution is 2.30. The zero-order valence-corrected chi connectivity index (χ0v) is 13.1. The first-order valence-electron chi connectivity index (χ1n) is 6.35. The zero-order valence-electron chi connectivity index (χ0n) is 11.6. The molecule has 0 aromatic heterocycles. The van der Waals surface area contributed by atoms with E-state index in [4.69, 9.17) is 23.2 Å². The van der Waals surface area contributed by atoms with E-state index in [0.717, 1.165) is 5.56 Å². The molecule has 0 heterocycles. The highest BCUT2D eigenvalue weighted by molar-refractivity contribution is 6.35. The molecule has 1 N–H and O–H groups in total. The van der Waals surface area contributed by atoms with E-state index in [1.807, 2.05) is 19.1 Å². The fourth-order valence-corrected chi connectivity index (χ4v) is 2.65. The summed E-state index contributed by atoms with van der Waals surface area (Å²) in [6.07, 6.45) is 0. The van der Waals surface area contributed by atoms with E-state index in [-0.39, 0.29) is 16.7 Å². The average Bonchev–Trinajstić information content (AvgIpc) is 2.40. The summed E-state index contributed by atoms with van der Waals surface area (Å²) in [6, 6.07) is 10.2. The third kappa shape index (κ3) is 3.65. The maximum absolute atomic E-state index is 11.0. The molecular formula is C15H14Cl2N2O2. The number of nitro groups is 1. The van der Waals surface area contributed by atoms with E-state index >= 15 is 0 Å². The maximum atomic E-state index is 11.0. The SMILES string of the molecule is Cc1ccc(NC(C)c2ccc(Cl)cc2Cl)cc1[N+](=O)[O-]. The van der Waals surface area contributed by atoms with Crippen LogP contribution in [-0.4, -0.2) is 4.92 Å². The second-order valence-electron chi connectivity index (χ2n) is 4.79. The normalized spacial score (nSPS) is 12.0. The third-order valence-electron chi connectivity index (χ3n) is 3.22. The van der Waals surface area contributed by atoms with Gasteiger partial charge in [-0.1, -0.05) is 35.3 Å². The van der Waals surface area contributed by atoms with Gasteiger partial charge in [-0.05, 0) is 37.6 Å². The van der Waals surface area contributed by atoms with Gasteiger partial charge >= 0.3 is 0 Å². The lowest BCUT2D eigenvalue weighted by Crippen LogP contribution is -2.07. The monoisotopic (exact) mass is 324 g/mol. The van der Waals surface area contributed by atoms with Crippen molar-refractivity contribution < 1.29 is 4.92 Å². The first kappa shape index (κ1) is 15.6. The van der Waals surface area contributed by atoms with Crippen LogP contribution in [0, 0.1) is 17.0 Å². The Morgan fingerprint density at radius 2 is 1.90 bits per heavy atom. The molecule has 0 aliphatic rings. The van der Waals surface area contributed by atoms with Crippen LogP contribution in [-0.2, 0) is 0 Å². The van der Waals surface area contributed by atoms with Crippen LogP contribution in [0.25, 0.3) is 0 Å². The Bertz CT molecular complexity index is 689. The van der Waals surface area contributed by atoms with E-state index in [9.17, 15) is 10.1 Å². The minimum Gasteiger partial charge on any atom is -0.378 e. The van der Waals surface area contributed by atoms with Crippen LogP contribution >= 0.6 is 23.2 Å².